The number of nitrogens with one attached hydrogen (secondary N) is 1. The molecule has 1 aliphatic rings. The number of ether oxygens (including phenoxy) is 1. The molecular weight excluding hydrogens is 174 g/mol. The first-order valence-electron chi connectivity index (χ1n) is 5.89. The van der Waals surface area contributed by atoms with Gasteiger partial charge in [0.15, 0.2) is 0 Å². The highest BCUT2D eigenvalue weighted by molar-refractivity contribution is 4.83. The highest BCUT2D eigenvalue weighted by Gasteiger charge is 2.28. The van der Waals surface area contributed by atoms with E-state index in [2.05, 4.69) is 26.2 Å². The first-order valence-corrected chi connectivity index (χ1v) is 5.89. The molecular formula is C12H25NO. The van der Waals surface area contributed by atoms with Crippen molar-refractivity contribution in [2.45, 2.75) is 51.7 Å². The molecule has 0 saturated heterocycles. The summed E-state index contributed by atoms with van der Waals surface area (Å²) in [5.41, 5.74) is 0. The Kier molecular flexibility index (Phi) is 4.90. The third-order valence-corrected chi connectivity index (χ3v) is 3.56. The molecule has 1 rings (SSSR count). The van der Waals surface area contributed by atoms with Crippen LogP contribution in [0.25, 0.3) is 0 Å². The van der Waals surface area contributed by atoms with Crippen LogP contribution in [-0.4, -0.2) is 26.3 Å². The Hall–Kier alpha value is -0.0800. The maximum atomic E-state index is 5.47. The molecule has 2 heteroatoms. The number of rotatable bonds is 4. The average molecular weight is 199 g/mol. The number of hydrogen-bond acceptors (Lipinski definition) is 2. The van der Waals surface area contributed by atoms with Gasteiger partial charge in [-0.1, -0.05) is 20.3 Å². The van der Waals surface area contributed by atoms with Gasteiger partial charge in [-0.15, -0.1) is 0 Å². The molecule has 84 valence electrons. The fourth-order valence-corrected chi connectivity index (χ4v) is 2.83. The van der Waals surface area contributed by atoms with Gasteiger partial charge in [-0.05, 0) is 38.1 Å². The van der Waals surface area contributed by atoms with Crippen molar-refractivity contribution in [2.75, 3.05) is 14.2 Å². The summed E-state index contributed by atoms with van der Waals surface area (Å²) in [6.45, 7) is 4.61. The van der Waals surface area contributed by atoms with Gasteiger partial charge < -0.3 is 10.1 Å². The molecule has 3 atom stereocenters. The summed E-state index contributed by atoms with van der Waals surface area (Å²) in [4.78, 5) is 0. The molecule has 1 saturated carbocycles. The van der Waals surface area contributed by atoms with Crippen molar-refractivity contribution in [3.05, 3.63) is 0 Å². The minimum absolute atomic E-state index is 0.503. The van der Waals surface area contributed by atoms with Crippen LogP contribution in [0.4, 0.5) is 0 Å². The molecule has 0 heterocycles. The lowest BCUT2D eigenvalue weighted by molar-refractivity contribution is 0.0382. The van der Waals surface area contributed by atoms with Crippen molar-refractivity contribution in [2.24, 2.45) is 11.8 Å². The normalized spacial score (nSPS) is 30.6. The minimum Gasteiger partial charge on any atom is -0.381 e. The lowest BCUT2D eigenvalue weighted by atomic mass is 9.78. The van der Waals surface area contributed by atoms with Crippen LogP contribution in [0.3, 0.4) is 0 Å². The Morgan fingerprint density at radius 1 is 1.29 bits per heavy atom. The lowest BCUT2D eigenvalue weighted by Crippen LogP contribution is -2.41. The van der Waals surface area contributed by atoms with Crippen LogP contribution in [0, 0.1) is 11.8 Å². The fraction of sp³-hybridized carbons (Fsp3) is 1.00. The molecule has 1 N–H and O–H groups in total. The fourth-order valence-electron chi connectivity index (χ4n) is 2.83. The molecule has 0 aromatic carbocycles. The smallest absolute Gasteiger partial charge is 0.0574 e. The molecule has 14 heavy (non-hydrogen) atoms. The van der Waals surface area contributed by atoms with Gasteiger partial charge in [0.25, 0.3) is 0 Å². The van der Waals surface area contributed by atoms with Gasteiger partial charge in [0.2, 0.25) is 0 Å². The zero-order chi connectivity index (χ0) is 10.6. The van der Waals surface area contributed by atoms with Crippen LogP contribution in [0.5, 0.6) is 0 Å². The van der Waals surface area contributed by atoms with Crippen molar-refractivity contribution in [3.63, 3.8) is 0 Å². The molecule has 1 fully saturated rings. The van der Waals surface area contributed by atoms with E-state index in [1.165, 1.54) is 25.7 Å². The summed E-state index contributed by atoms with van der Waals surface area (Å²) in [6, 6.07) is 0.660. The highest BCUT2D eigenvalue weighted by atomic mass is 16.5. The van der Waals surface area contributed by atoms with Crippen LogP contribution < -0.4 is 5.32 Å². The van der Waals surface area contributed by atoms with Crippen LogP contribution in [-0.2, 0) is 4.74 Å². The Morgan fingerprint density at radius 3 is 2.50 bits per heavy atom. The lowest BCUT2D eigenvalue weighted by Gasteiger charge is -2.35. The highest BCUT2D eigenvalue weighted by Crippen LogP contribution is 2.30. The van der Waals surface area contributed by atoms with Crippen LogP contribution >= 0.6 is 0 Å². The van der Waals surface area contributed by atoms with E-state index in [9.17, 15) is 0 Å². The third kappa shape index (κ3) is 2.96. The molecule has 1 aliphatic carbocycles. The summed E-state index contributed by atoms with van der Waals surface area (Å²) in [5.74, 6) is 1.53. The summed E-state index contributed by atoms with van der Waals surface area (Å²) < 4.78 is 5.47. The van der Waals surface area contributed by atoms with E-state index < -0.39 is 0 Å². The van der Waals surface area contributed by atoms with Gasteiger partial charge in [-0.25, -0.2) is 0 Å². The van der Waals surface area contributed by atoms with E-state index >= 15 is 0 Å². The molecule has 0 amide bonds. The maximum Gasteiger partial charge on any atom is 0.0574 e. The second kappa shape index (κ2) is 5.72. The standard InChI is InChI=1S/C12H25NO/c1-9(2)12(13-3)10-6-5-7-11(8-10)14-4/h9-13H,5-8H2,1-4H3. The zero-order valence-corrected chi connectivity index (χ0v) is 10.0. The zero-order valence-electron chi connectivity index (χ0n) is 10.0. The van der Waals surface area contributed by atoms with E-state index in [0.29, 0.717) is 12.1 Å². The van der Waals surface area contributed by atoms with Gasteiger partial charge in [0.05, 0.1) is 6.10 Å². The first kappa shape index (κ1) is 12.0. The van der Waals surface area contributed by atoms with Crippen LogP contribution in [0.2, 0.25) is 0 Å². The summed E-state index contributed by atoms with van der Waals surface area (Å²) in [6.07, 6.45) is 5.68. The SMILES string of the molecule is CNC(C(C)C)C1CCCC(OC)C1. The molecule has 0 aliphatic heterocycles. The first-order chi connectivity index (χ1) is 6.69. The number of methoxy groups -OCH3 is 1. The van der Waals surface area contributed by atoms with E-state index in [4.69, 9.17) is 4.74 Å². The summed E-state index contributed by atoms with van der Waals surface area (Å²) >= 11 is 0. The van der Waals surface area contributed by atoms with Crippen molar-refractivity contribution in [1.82, 2.24) is 5.32 Å². The predicted octanol–water partition coefficient (Wildman–Crippen LogP) is 2.44. The van der Waals surface area contributed by atoms with E-state index in [-0.39, 0.29) is 0 Å². The largest absolute Gasteiger partial charge is 0.381 e. The van der Waals surface area contributed by atoms with E-state index in [1.54, 1.807) is 0 Å². The van der Waals surface area contributed by atoms with Crippen LogP contribution in [0.15, 0.2) is 0 Å². The third-order valence-electron chi connectivity index (χ3n) is 3.56. The second-order valence-corrected chi connectivity index (χ2v) is 4.84. The summed E-state index contributed by atoms with van der Waals surface area (Å²) in [7, 11) is 3.93. The second-order valence-electron chi connectivity index (χ2n) is 4.84. The molecule has 0 aromatic rings. The van der Waals surface area contributed by atoms with E-state index in [0.717, 1.165) is 11.8 Å². The Labute approximate surface area is 88.4 Å². The van der Waals surface area contributed by atoms with Crippen molar-refractivity contribution in [1.29, 1.82) is 0 Å². The molecule has 0 bridgehead atoms. The molecule has 0 aromatic heterocycles. The maximum absolute atomic E-state index is 5.47. The van der Waals surface area contributed by atoms with Gasteiger partial charge in [-0.3, -0.25) is 0 Å². The van der Waals surface area contributed by atoms with Gasteiger partial charge in [-0.2, -0.15) is 0 Å². The monoisotopic (exact) mass is 199 g/mol. The van der Waals surface area contributed by atoms with Gasteiger partial charge in [0.1, 0.15) is 0 Å². The average Bonchev–Trinajstić information content (AvgIpc) is 2.19. The summed E-state index contributed by atoms with van der Waals surface area (Å²) in [5, 5.41) is 3.46. The van der Waals surface area contributed by atoms with Crippen molar-refractivity contribution < 1.29 is 4.74 Å². The van der Waals surface area contributed by atoms with Crippen LogP contribution in [0.1, 0.15) is 39.5 Å². The van der Waals surface area contributed by atoms with E-state index in [1.807, 2.05) is 7.11 Å². The molecule has 3 unspecified atom stereocenters. The quantitative estimate of drug-likeness (QED) is 0.751. The van der Waals surface area contributed by atoms with Gasteiger partial charge >= 0.3 is 0 Å². The number of hydrogen-bond donors (Lipinski definition) is 1. The molecule has 2 nitrogen and oxygen atoms in total. The predicted molar refractivity (Wildman–Crippen MR) is 60.4 cm³/mol. The van der Waals surface area contributed by atoms with Gasteiger partial charge in [0, 0.05) is 13.2 Å². The van der Waals surface area contributed by atoms with Crippen molar-refractivity contribution in [3.8, 4) is 0 Å². The minimum atomic E-state index is 0.503. The topological polar surface area (TPSA) is 21.3 Å². The Bertz CT molecular complexity index is 158. The Balaban J connectivity index is 2.48. The molecule has 0 radical (unpaired) electrons. The van der Waals surface area contributed by atoms with Crippen molar-refractivity contribution >= 4 is 0 Å². The molecule has 0 spiro atoms. The Morgan fingerprint density at radius 2 is 2.00 bits per heavy atom.